The van der Waals surface area contributed by atoms with E-state index in [1.807, 2.05) is 6.21 Å². The Bertz CT molecular complexity index is 186. The zero-order chi connectivity index (χ0) is 8.32. The third-order valence-corrected chi connectivity index (χ3v) is 1.32. The molecule has 0 aromatic carbocycles. The highest BCUT2D eigenvalue weighted by Gasteiger charge is 2.14. The number of hydrogen-bond acceptors (Lipinski definition) is 3. The Hall–Kier alpha value is -0.860. The number of aliphatic imine (C=N–C) groups is 1. The smallest absolute Gasteiger partial charge is 0.148 e. The largest absolute Gasteiger partial charge is 0.303 e. The minimum atomic E-state index is 0.273. The molecule has 0 bridgehead atoms. The van der Waals surface area contributed by atoms with E-state index in [4.69, 9.17) is 0 Å². The molecule has 0 atom stereocenters. The van der Waals surface area contributed by atoms with Gasteiger partial charge in [0.1, 0.15) is 5.84 Å². The summed E-state index contributed by atoms with van der Waals surface area (Å²) in [5, 5.41) is 4.08. The van der Waals surface area contributed by atoms with Crippen LogP contribution in [0.25, 0.3) is 0 Å². The second-order valence-corrected chi connectivity index (χ2v) is 3.94. The highest BCUT2D eigenvalue weighted by molar-refractivity contribution is 5.91. The lowest BCUT2D eigenvalue weighted by Gasteiger charge is -2.18. The molecule has 1 rings (SSSR count). The maximum Gasteiger partial charge on any atom is 0.148 e. The van der Waals surface area contributed by atoms with Crippen molar-refractivity contribution in [3.05, 3.63) is 0 Å². The highest BCUT2D eigenvalue weighted by Crippen LogP contribution is 2.19. The van der Waals surface area contributed by atoms with Gasteiger partial charge in [0, 0.05) is 12.6 Å². The quantitative estimate of drug-likeness (QED) is 0.607. The molecule has 1 N–H and O–H groups in total. The molecule has 1 aliphatic heterocycles. The van der Waals surface area contributed by atoms with Crippen LogP contribution in [0.4, 0.5) is 0 Å². The molecule has 0 saturated heterocycles. The first kappa shape index (κ1) is 8.24. The van der Waals surface area contributed by atoms with Crippen LogP contribution in [0.2, 0.25) is 0 Å². The van der Waals surface area contributed by atoms with Gasteiger partial charge in [-0.05, 0) is 5.41 Å². The summed E-state index contributed by atoms with van der Waals surface area (Å²) < 4.78 is 0. The third kappa shape index (κ3) is 3.16. The first-order valence-corrected chi connectivity index (χ1v) is 3.90. The maximum atomic E-state index is 4.18. The molecule has 3 heteroatoms. The molecule has 0 unspecified atom stereocenters. The standard InChI is InChI=1S/C8H15N3/c1-8(2,3)6-7-9-4-5-10-11-7/h4,10H,5-6H2,1-3H3. The predicted octanol–water partition coefficient (Wildman–Crippen LogP) is 1.41. The lowest BCUT2D eigenvalue weighted by Crippen LogP contribution is -2.21. The molecule has 0 fully saturated rings. The van der Waals surface area contributed by atoms with Gasteiger partial charge in [0.05, 0.1) is 6.54 Å². The van der Waals surface area contributed by atoms with Crippen molar-refractivity contribution in [3.63, 3.8) is 0 Å². The van der Waals surface area contributed by atoms with E-state index in [1.165, 1.54) is 0 Å². The average Bonchev–Trinajstić information content (AvgIpc) is 1.85. The monoisotopic (exact) mass is 153 g/mol. The topological polar surface area (TPSA) is 36.8 Å². The molecule has 1 aliphatic rings. The molecule has 0 amide bonds. The van der Waals surface area contributed by atoms with Crippen LogP contribution in [-0.2, 0) is 0 Å². The van der Waals surface area contributed by atoms with Crippen molar-refractivity contribution >= 4 is 12.1 Å². The van der Waals surface area contributed by atoms with Crippen LogP contribution in [0, 0.1) is 5.41 Å². The van der Waals surface area contributed by atoms with E-state index in [0.717, 1.165) is 18.8 Å². The van der Waals surface area contributed by atoms with Crippen molar-refractivity contribution in [3.8, 4) is 0 Å². The summed E-state index contributed by atoms with van der Waals surface area (Å²) in [7, 11) is 0. The summed E-state index contributed by atoms with van der Waals surface area (Å²) in [5.41, 5.74) is 3.17. The normalized spacial score (nSPS) is 17.5. The van der Waals surface area contributed by atoms with Gasteiger partial charge in [0.15, 0.2) is 0 Å². The van der Waals surface area contributed by atoms with Gasteiger partial charge in [-0.25, -0.2) is 4.99 Å². The van der Waals surface area contributed by atoms with Crippen molar-refractivity contribution < 1.29 is 0 Å². The Morgan fingerprint density at radius 3 is 2.73 bits per heavy atom. The molecule has 11 heavy (non-hydrogen) atoms. The van der Waals surface area contributed by atoms with E-state index in [2.05, 4.69) is 36.3 Å². The zero-order valence-corrected chi connectivity index (χ0v) is 7.39. The summed E-state index contributed by atoms with van der Waals surface area (Å²) in [6.45, 7) is 7.30. The molecular formula is C8H15N3. The predicted molar refractivity (Wildman–Crippen MR) is 48.0 cm³/mol. The Balaban J connectivity index is 2.49. The van der Waals surface area contributed by atoms with Gasteiger partial charge in [-0.1, -0.05) is 20.8 Å². The minimum absolute atomic E-state index is 0.273. The van der Waals surface area contributed by atoms with Gasteiger partial charge >= 0.3 is 0 Å². The van der Waals surface area contributed by atoms with Crippen LogP contribution >= 0.6 is 0 Å². The summed E-state index contributed by atoms with van der Waals surface area (Å²) in [6.07, 6.45) is 2.78. The Kier molecular flexibility index (Phi) is 2.27. The van der Waals surface area contributed by atoms with Crippen LogP contribution in [0.3, 0.4) is 0 Å². The Morgan fingerprint density at radius 1 is 1.55 bits per heavy atom. The van der Waals surface area contributed by atoms with Crippen LogP contribution in [-0.4, -0.2) is 18.6 Å². The van der Waals surface area contributed by atoms with Crippen molar-refractivity contribution in [2.75, 3.05) is 6.54 Å². The van der Waals surface area contributed by atoms with Crippen molar-refractivity contribution in [2.45, 2.75) is 27.2 Å². The van der Waals surface area contributed by atoms with Crippen LogP contribution in [0.1, 0.15) is 27.2 Å². The fourth-order valence-corrected chi connectivity index (χ4v) is 0.917. The van der Waals surface area contributed by atoms with E-state index >= 15 is 0 Å². The fraction of sp³-hybridized carbons (Fsp3) is 0.750. The fourth-order valence-electron chi connectivity index (χ4n) is 0.917. The number of hydrogen-bond donors (Lipinski definition) is 1. The minimum Gasteiger partial charge on any atom is -0.303 e. The lowest BCUT2D eigenvalue weighted by atomic mass is 9.92. The Morgan fingerprint density at radius 2 is 2.27 bits per heavy atom. The van der Waals surface area contributed by atoms with Crippen LogP contribution in [0.15, 0.2) is 10.1 Å². The Labute approximate surface area is 67.6 Å². The van der Waals surface area contributed by atoms with Gasteiger partial charge in [0.25, 0.3) is 0 Å². The summed E-state index contributed by atoms with van der Waals surface area (Å²) in [5.74, 6) is 0.906. The third-order valence-electron chi connectivity index (χ3n) is 1.32. The summed E-state index contributed by atoms with van der Waals surface area (Å²) >= 11 is 0. The number of nitrogens with zero attached hydrogens (tertiary/aromatic N) is 2. The molecule has 0 aromatic rings. The van der Waals surface area contributed by atoms with Crippen LogP contribution < -0.4 is 5.43 Å². The first-order valence-electron chi connectivity index (χ1n) is 3.90. The van der Waals surface area contributed by atoms with Crippen molar-refractivity contribution in [1.82, 2.24) is 5.43 Å². The van der Waals surface area contributed by atoms with E-state index < -0.39 is 0 Å². The molecular weight excluding hydrogens is 138 g/mol. The number of nitrogens with one attached hydrogen (secondary N) is 1. The van der Waals surface area contributed by atoms with Crippen molar-refractivity contribution in [1.29, 1.82) is 0 Å². The van der Waals surface area contributed by atoms with E-state index in [0.29, 0.717) is 0 Å². The average molecular weight is 153 g/mol. The highest BCUT2D eigenvalue weighted by atomic mass is 15.3. The summed E-state index contributed by atoms with van der Waals surface area (Å²) in [4.78, 5) is 4.18. The number of rotatable bonds is 1. The lowest BCUT2D eigenvalue weighted by molar-refractivity contribution is 0.431. The number of amidine groups is 1. The van der Waals surface area contributed by atoms with Gasteiger partial charge in [0.2, 0.25) is 0 Å². The van der Waals surface area contributed by atoms with Gasteiger partial charge in [-0.3, -0.25) is 0 Å². The van der Waals surface area contributed by atoms with Gasteiger partial charge < -0.3 is 5.43 Å². The van der Waals surface area contributed by atoms with Gasteiger partial charge in [-0.2, -0.15) is 5.10 Å². The number of hydrazone groups is 1. The molecule has 1 heterocycles. The molecule has 3 nitrogen and oxygen atoms in total. The second-order valence-electron chi connectivity index (χ2n) is 3.94. The second kappa shape index (κ2) is 3.03. The van der Waals surface area contributed by atoms with E-state index in [-0.39, 0.29) is 5.41 Å². The molecule has 0 aromatic heterocycles. The maximum absolute atomic E-state index is 4.18. The van der Waals surface area contributed by atoms with E-state index in [1.54, 1.807) is 0 Å². The van der Waals surface area contributed by atoms with Crippen LogP contribution in [0.5, 0.6) is 0 Å². The molecule has 62 valence electrons. The zero-order valence-electron chi connectivity index (χ0n) is 7.39. The molecule has 0 saturated carbocycles. The van der Waals surface area contributed by atoms with Gasteiger partial charge in [-0.15, -0.1) is 0 Å². The SMILES string of the molecule is CC(C)(C)CC1=NNCC=N1. The van der Waals surface area contributed by atoms with Crippen molar-refractivity contribution in [2.24, 2.45) is 15.5 Å². The summed E-state index contributed by atoms with van der Waals surface area (Å²) in [6, 6.07) is 0. The molecule has 0 radical (unpaired) electrons. The van der Waals surface area contributed by atoms with E-state index in [9.17, 15) is 0 Å². The first-order chi connectivity index (χ1) is 5.08. The molecule has 0 spiro atoms. The molecule has 0 aliphatic carbocycles.